The van der Waals surface area contributed by atoms with Crippen LogP contribution < -0.4 is 10.7 Å². The fraction of sp³-hybridized carbons (Fsp3) is 0.143. The number of non-ortho nitro benzene ring substituents is 1. The van der Waals surface area contributed by atoms with Gasteiger partial charge in [0.1, 0.15) is 0 Å². The van der Waals surface area contributed by atoms with Gasteiger partial charge in [0.05, 0.1) is 22.2 Å². The van der Waals surface area contributed by atoms with Crippen LogP contribution in [0.1, 0.15) is 36.4 Å². The number of hydrogen-bond donors (Lipinski definition) is 1. The molecule has 0 fully saturated rings. The number of nitro groups is 1. The summed E-state index contributed by atoms with van der Waals surface area (Å²) in [6.07, 6.45) is -0.751. The number of aromatic amines is 1. The highest BCUT2D eigenvalue weighted by Crippen LogP contribution is 2.38. The maximum Gasteiger partial charge on any atom is 0.269 e. The van der Waals surface area contributed by atoms with Gasteiger partial charge in [0.15, 0.2) is 0 Å². The molecule has 1 aromatic heterocycles. The highest BCUT2D eigenvalue weighted by atomic mass is 35.5. The zero-order valence-corrected chi connectivity index (χ0v) is 21.1. The van der Waals surface area contributed by atoms with Gasteiger partial charge in [-0.15, -0.1) is 0 Å². The second-order valence-corrected chi connectivity index (χ2v) is 9.42. The lowest BCUT2D eigenvalue weighted by Gasteiger charge is -2.22. The van der Waals surface area contributed by atoms with Gasteiger partial charge in [-0.1, -0.05) is 54.1 Å². The van der Waals surface area contributed by atoms with Crippen LogP contribution in [-0.2, 0) is 9.59 Å². The molecule has 0 aliphatic carbocycles. The van der Waals surface area contributed by atoms with Gasteiger partial charge in [0.2, 0.25) is 5.91 Å². The Morgan fingerprint density at radius 1 is 1.03 bits per heavy atom. The molecule has 1 aliphatic heterocycles. The van der Waals surface area contributed by atoms with E-state index in [1.807, 2.05) is 30.3 Å². The number of pyridine rings is 1. The van der Waals surface area contributed by atoms with E-state index in [0.29, 0.717) is 32.8 Å². The summed E-state index contributed by atoms with van der Waals surface area (Å²) in [5.74, 6) is -1.97. The largest absolute Gasteiger partial charge is 0.550 e. The molecule has 5 rings (SSSR count). The minimum absolute atomic E-state index is 0.115. The molecule has 0 bridgehead atoms. The van der Waals surface area contributed by atoms with Gasteiger partial charge in [-0.3, -0.25) is 19.7 Å². The number of fused-ring (bicyclic) bond motifs is 1. The first-order valence-corrected chi connectivity index (χ1v) is 12.4. The number of nitrogens with one attached hydrogen (secondary N) is 1. The molecule has 4 aromatic rings. The molecular formula is C28H20ClN4O6-. The molecule has 0 saturated carbocycles. The van der Waals surface area contributed by atoms with Crippen LogP contribution >= 0.6 is 11.6 Å². The van der Waals surface area contributed by atoms with Crippen molar-refractivity contribution in [2.45, 2.75) is 25.3 Å². The van der Waals surface area contributed by atoms with Crippen molar-refractivity contribution < 1.29 is 19.6 Å². The lowest BCUT2D eigenvalue weighted by Crippen LogP contribution is -2.29. The van der Waals surface area contributed by atoms with Crippen LogP contribution in [0.4, 0.5) is 5.69 Å². The van der Waals surface area contributed by atoms with Gasteiger partial charge in [-0.2, -0.15) is 5.10 Å². The summed E-state index contributed by atoms with van der Waals surface area (Å²) in [7, 11) is 0. The Morgan fingerprint density at radius 3 is 2.41 bits per heavy atom. The van der Waals surface area contributed by atoms with Crippen molar-refractivity contribution in [3.8, 4) is 11.1 Å². The van der Waals surface area contributed by atoms with Crippen molar-refractivity contribution in [1.82, 2.24) is 9.99 Å². The Hall–Kier alpha value is -4.83. The van der Waals surface area contributed by atoms with E-state index in [-0.39, 0.29) is 24.1 Å². The number of nitro benzene ring substituents is 1. The summed E-state index contributed by atoms with van der Waals surface area (Å²) in [4.78, 5) is 51.1. The fourth-order valence-electron chi connectivity index (χ4n) is 4.74. The van der Waals surface area contributed by atoms with E-state index in [1.54, 1.807) is 18.2 Å². The first-order chi connectivity index (χ1) is 18.7. The molecule has 1 N–H and O–H groups in total. The molecule has 10 nitrogen and oxygen atoms in total. The highest BCUT2D eigenvalue weighted by Gasteiger charge is 2.35. The fourth-order valence-corrected chi connectivity index (χ4v) is 4.91. The highest BCUT2D eigenvalue weighted by molar-refractivity contribution is 6.31. The van der Waals surface area contributed by atoms with Crippen molar-refractivity contribution in [3.63, 3.8) is 0 Å². The Labute approximate surface area is 226 Å². The molecule has 0 radical (unpaired) electrons. The number of hydrazone groups is 1. The SMILES string of the molecule is O=C([O-])CCC(=O)N1N=C(c2c(-c3ccccc3)c3cc(Cl)ccc3[nH]c2=O)C[C@@H]1c1ccc([N+](=O)[O-])cc1. The molecule has 3 aromatic carbocycles. The van der Waals surface area contributed by atoms with E-state index in [2.05, 4.69) is 10.1 Å². The zero-order valence-electron chi connectivity index (χ0n) is 20.3. The molecule has 1 amide bonds. The number of carbonyl (C=O) groups excluding carboxylic acids is 2. The van der Waals surface area contributed by atoms with Crippen LogP contribution in [0.3, 0.4) is 0 Å². The maximum absolute atomic E-state index is 13.5. The number of amides is 1. The Morgan fingerprint density at radius 2 is 1.74 bits per heavy atom. The molecule has 0 unspecified atom stereocenters. The van der Waals surface area contributed by atoms with E-state index in [4.69, 9.17) is 11.6 Å². The van der Waals surface area contributed by atoms with E-state index >= 15 is 0 Å². The predicted molar refractivity (Wildman–Crippen MR) is 143 cm³/mol. The van der Waals surface area contributed by atoms with Gasteiger partial charge in [-0.05, 0) is 35.7 Å². The van der Waals surface area contributed by atoms with E-state index in [9.17, 15) is 29.6 Å². The van der Waals surface area contributed by atoms with Gasteiger partial charge < -0.3 is 14.9 Å². The van der Waals surface area contributed by atoms with Crippen LogP contribution in [0, 0.1) is 10.1 Å². The minimum Gasteiger partial charge on any atom is -0.550 e. The number of carboxylic acids is 1. The molecule has 0 spiro atoms. The number of benzene rings is 3. The van der Waals surface area contributed by atoms with E-state index < -0.39 is 34.8 Å². The van der Waals surface area contributed by atoms with Crippen LogP contribution in [0.25, 0.3) is 22.0 Å². The third kappa shape index (κ3) is 5.14. The lowest BCUT2D eigenvalue weighted by atomic mass is 9.91. The molecular weight excluding hydrogens is 524 g/mol. The van der Waals surface area contributed by atoms with Gasteiger partial charge >= 0.3 is 0 Å². The number of hydrogen-bond acceptors (Lipinski definition) is 7. The average Bonchev–Trinajstić information content (AvgIpc) is 3.37. The summed E-state index contributed by atoms with van der Waals surface area (Å²) in [5.41, 5.74) is 2.45. The molecule has 196 valence electrons. The molecule has 39 heavy (non-hydrogen) atoms. The third-order valence-corrected chi connectivity index (χ3v) is 6.76. The Bertz CT molecular complexity index is 1700. The first kappa shape index (κ1) is 25.8. The van der Waals surface area contributed by atoms with E-state index in [1.165, 1.54) is 24.3 Å². The Kier molecular flexibility index (Phi) is 6.95. The average molecular weight is 544 g/mol. The first-order valence-electron chi connectivity index (χ1n) is 12.0. The third-order valence-electron chi connectivity index (χ3n) is 6.52. The topological polar surface area (TPSA) is 149 Å². The number of aromatic nitrogens is 1. The Balaban J connectivity index is 1.68. The second-order valence-electron chi connectivity index (χ2n) is 8.99. The van der Waals surface area contributed by atoms with Gasteiger partial charge in [0.25, 0.3) is 11.2 Å². The lowest BCUT2D eigenvalue weighted by molar-refractivity contribution is -0.384. The zero-order chi connectivity index (χ0) is 27.7. The monoisotopic (exact) mass is 543 g/mol. The van der Waals surface area contributed by atoms with Crippen molar-refractivity contribution in [3.05, 3.63) is 109 Å². The number of carbonyl (C=O) groups is 2. The smallest absolute Gasteiger partial charge is 0.269 e. The van der Waals surface area contributed by atoms with Crippen LogP contribution in [0.2, 0.25) is 5.02 Å². The van der Waals surface area contributed by atoms with Gasteiger partial charge in [0, 0.05) is 52.4 Å². The second kappa shape index (κ2) is 10.5. The van der Waals surface area contributed by atoms with Crippen molar-refractivity contribution in [2.75, 3.05) is 0 Å². The number of nitrogens with zero attached hydrogens (tertiary/aromatic N) is 3. The quantitative estimate of drug-likeness (QED) is 0.275. The van der Waals surface area contributed by atoms with Crippen molar-refractivity contribution in [2.24, 2.45) is 5.10 Å². The summed E-state index contributed by atoms with van der Waals surface area (Å²) >= 11 is 6.32. The molecule has 1 aliphatic rings. The summed E-state index contributed by atoms with van der Waals surface area (Å²) < 4.78 is 0. The van der Waals surface area contributed by atoms with Crippen LogP contribution in [0.5, 0.6) is 0 Å². The normalized spacial score (nSPS) is 14.8. The van der Waals surface area contributed by atoms with Crippen molar-refractivity contribution in [1.29, 1.82) is 0 Å². The van der Waals surface area contributed by atoms with Crippen LogP contribution in [0.15, 0.2) is 82.7 Å². The summed E-state index contributed by atoms with van der Waals surface area (Å²) in [5, 5.41) is 29.0. The number of aliphatic carboxylic acids is 1. The molecule has 2 heterocycles. The summed E-state index contributed by atoms with van der Waals surface area (Å²) in [6.45, 7) is 0. The predicted octanol–water partition coefficient (Wildman–Crippen LogP) is 3.96. The van der Waals surface area contributed by atoms with Crippen LogP contribution in [-0.4, -0.2) is 32.5 Å². The molecule has 0 saturated heterocycles. The summed E-state index contributed by atoms with van der Waals surface area (Å²) in [6, 6.07) is 19.3. The molecule has 11 heteroatoms. The van der Waals surface area contributed by atoms with E-state index in [0.717, 1.165) is 10.6 Å². The van der Waals surface area contributed by atoms with Gasteiger partial charge in [-0.25, -0.2) is 5.01 Å². The molecule has 1 atom stereocenters. The minimum atomic E-state index is -1.38. The number of rotatable bonds is 7. The number of carboxylic acid groups (broad SMARTS) is 1. The number of halogens is 1. The maximum atomic E-state index is 13.5. The van der Waals surface area contributed by atoms with Crippen molar-refractivity contribution >= 4 is 45.8 Å². The standard InChI is InChI=1S/C28H21ClN4O6/c29-18-8-11-21-20(14-18)26(17-4-2-1-3-5-17)27(28(37)30-21)22-15-23(16-6-9-19(10-7-16)33(38)39)32(31-22)24(34)12-13-25(35)36/h1-11,14,23H,12-13,15H2,(H,30,37)(H,35,36)/p-1/t23-/m1/s1. The number of H-pyrrole nitrogens is 1.